The monoisotopic (exact) mass is 445 g/mol. The van der Waals surface area contributed by atoms with Crippen LogP contribution in [-0.4, -0.2) is 37.1 Å². The second kappa shape index (κ2) is 8.06. The van der Waals surface area contributed by atoms with Gasteiger partial charge in [-0.2, -0.15) is 0 Å². The average molecular weight is 446 g/mol. The van der Waals surface area contributed by atoms with Crippen LogP contribution in [-0.2, 0) is 6.54 Å². The molecule has 0 amide bonds. The summed E-state index contributed by atoms with van der Waals surface area (Å²) in [5.41, 5.74) is 8.35. The largest absolute Gasteiger partial charge is 0.382 e. The number of nitrogen functional groups attached to an aromatic ring is 1. The van der Waals surface area contributed by atoms with E-state index in [4.69, 9.17) is 27.3 Å². The Morgan fingerprint density at radius 3 is 2.93 bits per heavy atom. The van der Waals surface area contributed by atoms with Crippen LogP contribution in [0, 0.1) is 0 Å². The van der Waals surface area contributed by atoms with Crippen LogP contribution in [0.3, 0.4) is 0 Å². The van der Waals surface area contributed by atoms with Gasteiger partial charge in [0.05, 0.1) is 15.2 Å². The number of benzene rings is 1. The SMILES string of the molecule is Nc1ncnc2c1nc(Sc1nc3cccc(Cl)c3s1)n2CCNC1CCCC1. The van der Waals surface area contributed by atoms with E-state index < -0.39 is 0 Å². The van der Waals surface area contributed by atoms with Crippen molar-refractivity contribution in [3.8, 4) is 0 Å². The molecule has 3 N–H and O–H groups in total. The second-order valence-electron chi connectivity index (χ2n) is 7.08. The molecule has 29 heavy (non-hydrogen) atoms. The van der Waals surface area contributed by atoms with Crippen molar-refractivity contribution in [3.05, 3.63) is 29.5 Å². The van der Waals surface area contributed by atoms with Crippen LogP contribution in [0.15, 0.2) is 34.0 Å². The Balaban J connectivity index is 1.46. The Morgan fingerprint density at radius 2 is 2.10 bits per heavy atom. The number of anilines is 1. The molecule has 1 aromatic carbocycles. The smallest absolute Gasteiger partial charge is 0.177 e. The third kappa shape index (κ3) is 3.79. The predicted octanol–water partition coefficient (Wildman–Crippen LogP) is 4.36. The molecular weight excluding hydrogens is 426 g/mol. The standard InChI is InChI=1S/C19H20ClN7S2/c20-12-6-3-7-13-15(12)28-19(25-13)29-18-26-14-16(21)23-10-24-17(14)27(18)9-8-22-11-4-1-2-5-11/h3,6-7,10-11,22H,1-2,4-5,8-9H2,(H2,21,23,24). The molecule has 1 saturated carbocycles. The molecule has 1 fully saturated rings. The first-order chi connectivity index (χ1) is 14.2. The quantitative estimate of drug-likeness (QED) is 0.455. The summed E-state index contributed by atoms with van der Waals surface area (Å²) < 4.78 is 3.98. The van der Waals surface area contributed by atoms with Crippen molar-refractivity contribution in [2.45, 2.75) is 47.8 Å². The molecule has 1 aliphatic carbocycles. The van der Waals surface area contributed by atoms with Gasteiger partial charge in [-0.1, -0.05) is 30.5 Å². The number of nitrogens with two attached hydrogens (primary N) is 1. The van der Waals surface area contributed by atoms with Crippen molar-refractivity contribution in [1.82, 2.24) is 29.8 Å². The van der Waals surface area contributed by atoms with Crippen molar-refractivity contribution in [2.24, 2.45) is 0 Å². The van der Waals surface area contributed by atoms with E-state index in [1.54, 1.807) is 11.3 Å². The molecule has 0 atom stereocenters. The van der Waals surface area contributed by atoms with Gasteiger partial charge in [0.1, 0.15) is 6.33 Å². The number of thiazole rings is 1. The first-order valence-corrected chi connectivity index (χ1v) is 11.6. The Hall–Kier alpha value is -1.94. The van der Waals surface area contributed by atoms with Gasteiger partial charge in [-0.15, -0.1) is 11.3 Å². The third-order valence-corrected chi connectivity index (χ3v) is 7.76. The van der Waals surface area contributed by atoms with Gasteiger partial charge in [0.25, 0.3) is 0 Å². The van der Waals surface area contributed by atoms with Crippen molar-refractivity contribution in [2.75, 3.05) is 12.3 Å². The van der Waals surface area contributed by atoms with Crippen molar-refractivity contribution in [1.29, 1.82) is 0 Å². The summed E-state index contributed by atoms with van der Waals surface area (Å²) in [6.45, 7) is 1.62. The lowest BCUT2D eigenvalue weighted by atomic mass is 10.2. The van der Waals surface area contributed by atoms with Crippen molar-refractivity contribution >= 4 is 61.9 Å². The molecule has 7 nitrogen and oxygen atoms in total. The van der Waals surface area contributed by atoms with E-state index in [0.717, 1.165) is 43.5 Å². The molecule has 0 bridgehead atoms. The second-order valence-corrected chi connectivity index (χ2v) is 9.70. The molecule has 0 spiro atoms. The van der Waals surface area contributed by atoms with Gasteiger partial charge in [-0.3, -0.25) is 0 Å². The van der Waals surface area contributed by atoms with E-state index in [1.807, 2.05) is 18.2 Å². The van der Waals surface area contributed by atoms with E-state index in [-0.39, 0.29) is 0 Å². The number of hydrogen-bond donors (Lipinski definition) is 2. The molecule has 5 rings (SSSR count). The van der Waals surface area contributed by atoms with Crippen LogP contribution in [0.25, 0.3) is 21.4 Å². The summed E-state index contributed by atoms with van der Waals surface area (Å²) in [7, 11) is 0. The zero-order valence-corrected chi connectivity index (χ0v) is 18.0. The fraction of sp³-hybridized carbons (Fsp3) is 0.368. The minimum atomic E-state index is 0.395. The minimum absolute atomic E-state index is 0.395. The maximum absolute atomic E-state index is 6.32. The van der Waals surface area contributed by atoms with Crippen LogP contribution in [0.2, 0.25) is 5.02 Å². The fourth-order valence-corrected chi connectivity index (χ4v) is 6.09. The van der Waals surface area contributed by atoms with E-state index in [2.05, 4.69) is 19.9 Å². The van der Waals surface area contributed by atoms with Gasteiger partial charge in [0.2, 0.25) is 0 Å². The summed E-state index contributed by atoms with van der Waals surface area (Å²) in [4.78, 5) is 18.0. The van der Waals surface area contributed by atoms with E-state index in [0.29, 0.717) is 17.4 Å². The molecule has 3 heterocycles. The number of imidazole rings is 1. The predicted molar refractivity (Wildman–Crippen MR) is 119 cm³/mol. The molecule has 3 aromatic heterocycles. The van der Waals surface area contributed by atoms with Gasteiger partial charge < -0.3 is 15.6 Å². The molecule has 0 saturated heterocycles. The Labute approximate surface area is 181 Å². The number of fused-ring (bicyclic) bond motifs is 2. The van der Waals surface area contributed by atoms with E-state index in [9.17, 15) is 0 Å². The lowest BCUT2D eigenvalue weighted by molar-refractivity contribution is 0.489. The number of aromatic nitrogens is 5. The molecule has 150 valence electrons. The van der Waals surface area contributed by atoms with Crippen LogP contribution < -0.4 is 11.1 Å². The van der Waals surface area contributed by atoms with Crippen LogP contribution in [0.5, 0.6) is 0 Å². The Kier molecular flexibility index (Phi) is 5.29. The Morgan fingerprint density at radius 1 is 1.24 bits per heavy atom. The fourth-order valence-electron chi connectivity index (χ4n) is 3.74. The summed E-state index contributed by atoms with van der Waals surface area (Å²) in [5.74, 6) is 0.395. The van der Waals surface area contributed by atoms with Crippen LogP contribution in [0.1, 0.15) is 25.7 Å². The highest BCUT2D eigenvalue weighted by Gasteiger charge is 2.19. The third-order valence-electron chi connectivity index (χ3n) is 5.17. The summed E-state index contributed by atoms with van der Waals surface area (Å²) in [5, 5.41) is 5.19. The van der Waals surface area contributed by atoms with Crippen LogP contribution in [0.4, 0.5) is 5.82 Å². The zero-order valence-electron chi connectivity index (χ0n) is 15.6. The highest BCUT2D eigenvalue weighted by Crippen LogP contribution is 2.38. The lowest BCUT2D eigenvalue weighted by Gasteiger charge is -2.13. The number of halogens is 1. The van der Waals surface area contributed by atoms with Crippen LogP contribution >= 0.6 is 34.7 Å². The molecule has 0 aliphatic heterocycles. The van der Waals surface area contributed by atoms with Gasteiger partial charge in [-0.05, 0) is 36.7 Å². The highest BCUT2D eigenvalue weighted by atomic mass is 35.5. The van der Waals surface area contributed by atoms with Gasteiger partial charge >= 0.3 is 0 Å². The Bertz CT molecular complexity index is 1170. The molecule has 0 radical (unpaired) electrons. The minimum Gasteiger partial charge on any atom is -0.382 e. The molecule has 4 aromatic rings. The maximum atomic E-state index is 6.32. The first-order valence-electron chi connectivity index (χ1n) is 9.62. The first kappa shape index (κ1) is 19.0. The molecule has 10 heteroatoms. The zero-order chi connectivity index (χ0) is 19.8. The number of hydrogen-bond acceptors (Lipinski definition) is 8. The maximum Gasteiger partial charge on any atom is 0.177 e. The number of rotatable bonds is 6. The van der Waals surface area contributed by atoms with Crippen molar-refractivity contribution < 1.29 is 0 Å². The van der Waals surface area contributed by atoms with E-state index >= 15 is 0 Å². The van der Waals surface area contributed by atoms with Crippen molar-refractivity contribution in [3.63, 3.8) is 0 Å². The van der Waals surface area contributed by atoms with E-state index in [1.165, 1.54) is 43.8 Å². The van der Waals surface area contributed by atoms with Gasteiger partial charge in [0, 0.05) is 19.1 Å². The molecule has 1 aliphatic rings. The molecule has 0 unspecified atom stereocenters. The molecular formula is C19H20ClN7S2. The topological polar surface area (TPSA) is 94.5 Å². The van der Waals surface area contributed by atoms with Gasteiger partial charge in [0.15, 0.2) is 26.5 Å². The summed E-state index contributed by atoms with van der Waals surface area (Å²) >= 11 is 9.40. The number of nitrogens with one attached hydrogen (secondary N) is 1. The summed E-state index contributed by atoms with van der Waals surface area (Å²) in [6, 6.07) is 6.39. The highest BCUT2D eigenvalue weighted by molar-refractivity contribution is 8.01. The average Bonchev–Trinajstić information content (AvgIpc) is 3.43. The summed E-state index contributed by atoms with van der Waals surface area (Å²) in [6.07, 6.45) is 6.64. The van der Waals surface area contributed by atoms with Gasteiger partial charge in [-0.25, -0.2) is 19.9 Å². The number of nitrogens with zero attached hydrogens (tertiary/aromatic N) is 5. The lowest BCUT2D eigenvalue weighted by Crippen LogP contribution is -2.29. The normalized spacial score (nSPS) is 15.1.